The lowest BCUT2D eigenvalue weighted by Crippen LogP contribution is -1.88. The quantitative estimate of drug-likeness (QED) is 0.590. The SMILES string of the molecule is COc1cccc(CSc2nnc(-c3cc(OC)cc(OC)c3)o2)c1. The predicted octanol–water partition coefficient (Wildman–Crippen LogP) is 4.05. The molecule has 0 aliphatic carbocycles. The summed E-state index contributed by atoms with van der Waals surface area (Å²) in [5.41, 5.74) is 1.86. The molecule has 0 fully saturated rings. The van der Waals surface area contributed by atoms with Gasteiger partial charge in [0.25, 0.3) is 5.22 Å². The Morgan fingerprint density at radius 3 is 2.28 bits per heavy atom. The number of methoxy groups -OCH3 is 3. The lowest BCUT2D eigenvalue weighted by Gasteiger charge is -2.05. The zero-order chi connectivity index (χ0) is 17.6. The standard InChI is InChI=1S/C18H18N2O4S/c1-21-14-6-4-5-12(7-14)11-25-18-20-19-17(24-18)13-8-15(22-2)10-16(9-13)23-3/h4-10H,11H2,1-3H3. The number of benzene rings is 2. The average molecular weight is 358 g/mol. The Morgan fingerprint density at radius 1 is 0.880 bits per heavy atom. The minimum absolute atomic E-state index is 0.422. The van der Waals surface area contributed by atoms with Crippen molar-refractivity contribution in [2.75, 3.05) is 21.3 Å². The normalized spacial score (nSPS) is 10.5. The minimum Gasteiger partial charge on any atom is -0.497 e. The van der Waals surface area contributed by atoms with E-state index in [4.69, 9.17) is 18.6 Å². The van der Waals surface area contributed by atoms with Gasteiger partial charge >= 0.3 is 0 Å². The highest BCUT2D eigenvalue weighted by molar-refractivity contribution is 7.98. The molecule has 130 valence electrons. The first-order valence-corrected chi connectivity index (χ1v) is 8.53. The van der Waals surface area contributed by atoms with Crippen molar-refractivity contribution in [1.29, 1.82) is 0 Å². The van der Waals surface area contributed by atoms with E-state index < -0.39 is 0 Å². The highest BCUT2D eigenvalue weighted by Gasteiger charge is 2.12. The second-order valence-corrected chi connectivity index (χ2v) is 6.04. The van der Waals surface area contributed by atoms with Crippen molar-refractivity contribution in [2.24, 2.45) is 0 Å². The maximum Gasteiger partial charge on any atom is 0.277 e. The van der Waals surface area contributed by atoms with E-state index in [-0.39, 0.29) is 0 Å². The van der Waals surface area contributed by atoms with E-state index in [1.54, 1.807) is 27.4 Å². The largest absolute Gasteiger partial charge is 0.497 e. The van der Waals surface area contributed by atoms with Crippen LogP contribution in [0.4, 0.5) is 0 Å². The van der Waals surface area contributed by atoms with Crippen LogP contribution in [-0.4, -0.2) is 31.5 Å². The van der Waals surface area contributed by atoms with Crippen LogP contribution in [0, 0.1) is 0 Å². The number of rotatable bonds is 7. The van der Waals surface area contributed by atoms with E-state index in [2.05, 4.69) is 10.2 Å². The second kappa shape index (κ2) is 7.94. The van der Waals surface area contributed by atoms with Gasteiger partial charge in [0, 0.05) is 17.4 Å². The molecule has 0 radical (unpaired) electrons. The van der Waals surface area contributed by atoms with Crippen LogP contribution in [0.1, 0.15) is 5.56 Å². The maximum atomic E-state index is 5.75. The van der Waals surface area contributed by atoms with Crippen molar-refractivity contribution in [3.63, 3.8) is 0 Å². The average Bonchev–Trinajstić information content (AvgIpc) is 3.15. The Balaban J connectivity index is 1.74. The molecule has 0 atom stereocenters. The molecular formula is C18H18N2O4S. The van der Waals surface area contributed by atoms with Crippen molar-refractivity contribution < 1.29 is 18.6 Å². The molecule has 0 aliphatic heterocycles. The summed E-state index contributed by atoms with van der Waals surface area (Å²) in [6.45, 7) is 0. The van der Waals surface area contributed by atoms with Crippen LogP contribution in [0.3, 0.4) is 0 Å². The van der Waals surface area contributed by atoms with Crippen molar-refractivity contribution in [1.82, 2.24) is 10.2 Å². The number of thioether (sulfide) groups is 1. The number of ether oxygens (including phenoxy) is 3. The van der Waals surface area contributed by atoms with Crippen molar-refractivity contribution in [3.8, 4) is 28.7 Å². The summed E-state index contributed by atoms with van der Waals surface area (Å²) in [5.74, 6) is 3.29. The monoisotopic (exact) mass is 358 g/mol. The van der Waals surface area contributed by atoms with Crippen LogP contribution in [-0.2, 0) is 5.75 Å². The van der Waals surface area contributed by atoms with Crippen LogP contribution in [0.15, 0.2) is 52.1 Å². The van der Waals surface area contributed by atoms with Crippen molar-refractivity contribution in [3.05, 3.63) is 48.0 Å². The molecule has 25 heavy (non-hydrogen) atoms. The topological polar surface area (TPSA) is 66.6 Å². The molecule has 0 saturated carbocycles. The first-order valence-electron chi connectivity index (χ1n) is 7.54. The molecule has 0 N–H and O–H groups in total. The summed E-state index contributed by atoms with van der Waals surface area (Å²) in [5, 5.41) is 8.70. The van der Waals surface area contributed by atoms with Crippen LogP contribution in [0.25, 0.3) is 11.5 Å². The molecule has 0 aliphatic rings. The molecule has 6 nitrogen and oxygen atoms in total. The van der Waals surface area contributed by atoms with E-state index in [1.165, 1.54) is 11.8 Å². The summed E-state index contributed by atoms with van der Waals surface area (Å²) in [4.78, 5) is 0. The van der Waals surface area contributed by atoms with E-state index in [0.29, 0.717) is 28.4 Å². The lowest BCUT2D eigenvalue weighted by atomic mass is 10.2. The number of aromatic nitrogens is 2. The first kappa shape index (κ1) is 17.2. The summed E-state index contributed by atoms with van der Waals surface area (Å²) >= 11 is 1.47. The van der Waals surface area contributed by atoms with Gasteiger partial charge in [0.15, 0.2) is 0 Å². The van der Waals surface area contributed by atoms with Gasteiger partial charge in [-0.15, -0.1) is 10.2 Å². The van der Waals surface area contributed by atoms with Crippen LogP contribution >= 0.6 is 11.8 Å². The van der Waals surface area contributed by atoms with Gasteiger partial charge in [-0.05, 0) is 29.8 Å². The fourth-order valence-corrected chi connectivity index (χ4v) is 2.93. The molecule has 0 unspecified atom stereocenters. The Bertz CT molecular complexity index is 828. The molecular weight excluding hydrogens is 340 g/mol. The first-order chi connectivity index (χ1) is 12.2. The lowest BCUT2D eigenvalue weighted by molar-refractivity contribution is 0.394. The molecule has 0 saturated heterocycles. The van der Waals surface area contributed by atoms with Crippen LogP contribution in [0.2, 0.25) is 0 Å². The van der Waals surface area contributed by atoms with Gasteiger partial charge in [0.05, 0.1) is 21.3 Å². The van der Waals surface area contributed by atoms with E-state index >= 15 is 0 Å². The molecule has 0 spiro atoms. The summed E-state index contributed by atoms with van der Waals surface area (Å²) in [6, 6.07) is 13.3. The van der Waals surface area contributed by atoms with Gasteiger partial charge in [0.2, 0.25) is 5.89 Å². The van der Waals surface area contributed by atoms with E-state index in [1.807, 2.05) is 36.4 Å². The van der Waals surface area contributed by atoms with Gasteiger partial charge < -0.3 is 18.6 Å². The molecule has 0 amide bonds. The molecule has 0 bridgehead atoms. The molecule has 2 aromatic carbocycles. The Hall–Kier alpha value is -2.67. The van der Waals surface area contributed by atoms with Crippen molar-refractivity contribution >= 4 is 11.8 Å². The molecule has 3 aromatic rings. The molecule has 3 rings (SSSR count). The van der Waals surface area contributed by atoms with Gasteiger partial charge in [-0.25, -0.2) is 0 Å². The zero-order valence-electron chi connectivity index (χ0n) is 14.2. The number of hydrogen-bond acceptors (Lipinski definition) is 7. The molecule has 1 heterocycles. The van der Waals surface area contributed by atoms with Gasteiger partial charge in [-0.3, -0.25) is 0 Å². The van der Waals surface area contributed by atoms with Gasteiger partial charge in [-0.1, -0.05) is 23.9 Å². The Morgan fingerprint density at radius 2 is 1.60 bits per heavy atom. The summed E-state index contributed by atoms with van der Waals surface area (Å²) in [7, 11) is 4.85. The smallest absolute Gasteiger partial charge is 0.277 e. The highest BCUT2D eigenvalue weighted by Crippen LogP contribution is 2.31. The van der Waals surface area contributed by atoms with Crippen molar-refractivity contribution in [2.45, 2.75) is 11.0 Å². The van der Waals surface area contributed by atoms with Crippen LogP contribution in [0.5, 0.6) is 17.2 Å². The maximum absolute atomic E-state index is 5.75. The fourth-order valence-electron chi connectivity index (χ4n) is 2.22. The summed E-state index contributed by atoms with van der Waals surface area (Å²) < 4.78 is 21.5. The highest BCUT2D eigenvalue weighted by atomic mass is 32.2. The third kappa shape index (κ3) is 4.24. The van der Waals surface area contributed by atoms with E-state index in [9.17, 15) is 0 Å². The van der Waals surface area contributed by atoms with Crippen LogP contribution < -0.4 is 14.2 Å². The number of hydrogen-bond donors (Lipinski definition) is 0. The van der Waals surface area contributed by atoms with Gasteiger partial charge in [0.1, 0.15) is 17.2 Å². The Kier molecular flexibility index (Phi) is 5.45. The Labute approximate surface area is 150 Å². The van der Waals surface area contributed by atoms with E-state index in [0.717, 1.165) is 16.9 Å². The molecule has 7 heteroatoms. The second-order valence-electron chi connectivity index (χ2n) is 5.11. The molecule has 1 aromatic heterocycles. The third-order valence-electron chi connectivity index (χ3n) is 3.50. The minimum atomic E-state index is 0.422. The fraction of sp³-hybridized carbons (Fsp3) is 0.222. The third-order valence-corrected chi connectivity index (χ3v) is 4.39. The predicted molar refractivity (Wildman–Crippen MR) is 95.4 cm³/mol. The summed E-state index contributed by atoms with van der Waals surface area (Å²) in [6.07, 6.45) is 0. The number of nitrogens with zero attached hydrogens (tertiary/aromatic N) is 2. The van der Waals surface area contributed by atoms with Gasteiger partial charge in [-0.2, -0.15) is 0 Å². The zero-order valence-corrected chi connectivity index (χ0v) is 15.0.